The molecule has 3 heterocycles. The zero-order valence-corrected chi connectivity index (χ0v) is 27.7. The van der Waals surface area contributed by atoms with Gasteiger partial charge in [0.15, 0.2) is 6.61 Å². The number of ether oxygens (including phenoxy) is 2. The normalized spacial score (nSPS) is 21.0. The van der Waals surface area contributed by atoms with Gasteiger partial charge in [-0.05, 0) is 74.2 Å². The van der Waals surface area contributed by atoms with Gasteiger partial charge in [0.05, 0.1) is 47.1 Å². The Kier molecular flexibility index (Phi) is 9.33. The molecule has 0 bridgehead atoms. The number of nitrogens with one attached hydrogen (secondary N) is 2. The molecule has 6 rings (SSSR count). The summed E-state index contributed by atoms with van der Waals surface area (Å²) < 4.78 is 65.5. The summed E-state index contributed by atoms with van der Waals surface area (Å²) in [5.41, 5.74) is 2.02. The number of rotatable bonds is 9. The second-order valence-corrected chi connectivity index (χ2v) is 17.3. The third-order valence-corrected chi connectivity index (χ3v) is 11.8. The number of nitriles is 1. The molecule has 3 aliphatic rings. The van der Waals surface area contributed by atoms with Crippen molar-refractivity contribution in [1.82, 2.24) is 4.90 Å². The predicted octanol–water partition coefficient (Wildman–Crippen LogP) is 6.68. The van der Waals surface area contributed by atoms with Crippen molar-refractivity contribution in [3.8, 4) is 23.7 Å². The Morgan fingerprint density at radius 2 is 1.89 bits per heavy atom. The van der Waals surface area contributed by atoms with Crippen molar-refractivity contribution < 1.29 is 27.2 Å². The van der Waals surface area contributed by atoms with Crippen molar-refractivity contribution in [2.45, 2.75) is 50.4 Å². The van der Waals surface area contributed by atoms with Gasteiger partial charge in [0.1, 0.15) is 19.0 Å². The van der Waals surface area contributed by atoms with Crippen LogP contribution < -0.4 is 20.7 Å². The minimum Gasteiger partial charge on any atom is -0.477 e. The maximum Gasteiger partial charge on any atom is 0.393 e. The number of anilines is 2. The van der Waals surface area contributed by atoms with E-state index in [0.717, 1.165) is 62.4 Å². The Labute approximate surface area is 271 Å². The SMILES string of the molecule is CP(C)(=O)c1ccc(NCC#Cc2sc3c(NC4CCC(N5CC6(COC6)C5)CC4)cccc3c2CC(F)(F)F)c(OCC#N)c1. The third kappa shape index (κ3) is 7.34. The molecular formula is C34H38F3N4O3PS. The van der Waals surface area contributed by atoms with Crippen molar-refractivity contribution in [2.24, 2.45) is 5.41 Å². The lowest BCUT2D eigenvalue weighted by atomic mass is 9.75. The fourth-order valence-corrected chi connectivity index (χ4v) is 8.73. The number of hydrogen-bond acceptors (Lipinski definition) is 8. The number of hydrogen-bond donors (Lipinski definition) is 2. The van der Waals surface area contributed by atoms with Gasteiger partial charge in [0.2, 0.25) is 0 Å². The second-order valence-electron chi connectivity index (χ2n) is 13.1. The molecule has 46 heavy (non-hydrogen) atoms. The average Bonchev–Trinajstić information content (AvgIpc) is 3.30. The van der Waals surface area contributed by atoms with Crippen LogP contribution in [0.4, 0.5) is 24.5 Å². The molecule has 2 aromatic carbocycles. The minimum atomic E-state index is -4.38. The quantitative estimate of drug-likeness (QED) is 0.194. The predicted molar refractivity (Wildman–Crippen MR) is 178 cm³/mol. The van der Waals surface area contributed by atoms with E-state index in [1.54, 1.807) is 37.6 Å². The number of alkyl halides is 3. The van der Waals surface area contributed by atoms with E-state index in [1.807, 2.05) is 18.2 Å². The molecule has 1 aromatic heterocycles. The Bertz CT molecular complexity index is 1730. The molecule has 2 N–H and O–H groups in total. The van der Waals surface area contributed by atoms with Gasteiger partial charge < -0.3 is 24.7 Å². The first kappa shape index (κ1) is 32.7. The van der Waals surface area contributed by atoms with Crippen molar-refractivity contribution >= 4 is 45.2 Å². The minimum absolute atomic E-state index is 0.136. The fourth-order valence-electron chi connectivity index (χ4n) is 6.70. The van der Waals surface area contributed by atoms with Crippen LogP contribution in [-0.2, 0) is 15.7 Å². The summed E-state index contributed by atoms with van der Waals surface area (Å²) in [5.74, 6) is 6.35. The Morgan fingerprint density at radius 3 is 2.54 bits per heavy atom. The first-order valence-electron chi connectivity index (χ1n) is 15.5. The molecule has 1 aliphatic carbocycles. The number of benzene rings is 2. The highest BCUT2D eigenvalue weighted by Crippen LogP contribution is 2.43. The molecule has 1 spiro atoms. The lowest BCUT2D eigenvalue weighted by Gasteiger charge is -2.58. The number of thiophene rings is 1. The average molecular weight is 671 g/mol. The summed E-state index contributed by atoms with van der Waals surface area (Å²) >= 11 is 1.30. The molecule has 2 aliphatic heterocycles. The van der Waals surface area contributed by atoms with Crippen molar-refractivity contribution in [2.75, 3.05) is 63.4 Å². The Morgan fingerprint density at radius 1 is 1.13 bits per heavy atom. The fraction of sp³-hybridized carbons (Fsp3) is 0.500. The van der Waals surface area contributed by atoms with Gasteiger partial charge in [-0.15, -0.1) is 11.3 Å². The topological polar surface area (TPSA) is 86.6 Å². The number of fused-ring (bicyclic) bond motifs is 1. The molecule has 244 valence electrons. The Hall–Kier alpha value is -3.21. The Balaban J connectivity index is 1.16. The van der Waals surface area contributed by atoms with Crippen LogP contribution in [0, 0.1) is 28.6 Å². The zero-order valence-electron chi connectivity index (χ0n) is 26.0. The highest BCUT2D eigenvalue weighted by Gasteiger charge is 2.50. The molecule has 7 nitrogen and oxygen atoms in total. The van der Waals surface area contributed by atoms with E-state index < -0.39 is 19.7 Å². The van der Waals surface area contributed by atoms with Crippen molar-refractivity contribution in [1.29, 1.82) is 5.26 Å². The highest BCUT2D eigenvalue weighted by atomic mass is 32.1. The van der Waals surface area contributed by atoms with E-state index in [1.165, 1.54) is 11.3 Å². The molecule has 1 saturated carbocycles. The van der Waals surface area contributed by atoms with E-state index in [2.05, 4.69) is 27.4 Å². The van der Waals surface area contributed by atoms with Gasteiger partial charge >= 0.3 is 6.18 Å². The number of halogens is 3. The van der Waals surface area contributed by atoms with Gasteiger partial charge in [-0.3, -0.25) is 4.90 Å². The summed E-state index contributed by atoms with van der Waals surface area (Å²) in [5, 5.41) is 17.0. The standard InChI is InChI=1S/C34H38F3N4O3PS/c1-45(2,42)25-12-13-28(30(17-25)44-16-14-38)39-15-4-7-31-27(18-34(35,36)37)26-5-3-6-29(32(26)46-31)40-23-8-10-24(11-9-23)41-19-33(20-41)21-43-22-33/h3,5-6,12-13,17,23-24,39-40H,8-11,15-16,18-22H2,1-2H3. The second kappa shape index (κ2) is 13.1. The molecule has 0 atom stereocenters. The van der Waals surface area contributed by atoms with Gasteiger partial charge in [-0.1, -0.05) is 24.0 Å². The summed E-state index contributed by atoms with van der Waals surface area (Å²) in [6.07, 6.45) is -1.16. The van der Waals surface area contributed by atoms with E-state index in [4.69, 9.17) is 14.7 Å². The van der Waals surface area contributed by atoms with Crippen LogP contribution in [0.15, 0.2) is 36.4 Å². The van der Waals surface area contributed by atoms with Crippen LogP contribution >= 0.6 is 18.5 Å². The molecule has 3 fully saturated rings. The lowest BCUT2D eigenvalue weighted by Crippen LogP contribution is -2.68. The summed E-state index contributed by atoms with van der Waals surface area (Å²) in [6.45, 7) is 7.30. The first-order chi connectivity index (χ1) is 21.9. The van der Waals surface area contributed by atoms with E-state index in [9.17, 15) is 17.7 Å². The van der Waals surface area contributed by atoms with Gasteiger partial charge in [0.25, 0.3) is 0 Å². The molecule has 2 saturated heterocycles. The molecule has 12 heteroatoms. The molecule has 3 aromatic rings. The maximum absolute atomic E-state index is 13.7. The van der Waals surface area contributed by atoms with Crippen LogP contribution in [0.1, 0.15) is 36.1 Å². The van der Waals surface area contributed by atoms with E-state index in [-0.39, 0.29) is 24.8 Å². The largest absolute Gasteiger partial charge is 0.477 e. The van der Waals surface area contributed by atoms with Crippen LogP contribution in [0.5, 0.6) is 5.75 Å². The lowest BCUT2D eigenvalue weighted by molar-refractivity contribution is -0.200. The van der Waals surface area contributed by atoms with Gasteiger partial charge in [-0.2, -0.15) is 18.4 Å². The van der Waals surface area contributed by atoms with Crippen molar-refractivity contribution in [3.05, 3.63) is 46.8 Å². The molecular weight excluding hydrogens is 632 g/mol. The van der Waals surface area contributed by atoms with Crippen LogP contribution in [-0.4, -0.2) is 75.9 Å². The number of nitrogens with zero attached hydrogens (tertiary/aromatic N) is 2. The van der Waals surface area contributed by atoms with Crippen LogP contribution in [0.25, 0.3) is 10.1 Å². The molecule has 0 amide bonds. The van der Waals surface area contributed by atoms with E-state index >= 15 is 0 Å². The monoisotopic (exact) mass is 670 g/mol. The summed E-state index contributed by atoms with van der Waals surface area (Å²) in [4.78, 5) is 2.99. The smallest absolute Gasteiger partial charge is 0.393 e. The molecule has 0 unspecified atom stereocenters. The van der Waals surface area contributed by atoms with Crippen LogP contribution in [0.2, 0.25) is 0 Å². The highest BCUT2D eigenvalue weighted by molar-refractivity contribution is 7.70. The summed E-state index contributed by atoms with van der Waals surface area (Å²) in [6, 6.07) is 13.4. The number of likely N-dealkylation sites (tertiary alicyclic amines) is 1. The van der Waals surface area contributed by atoms with E-state index in [0.29, 0.717) is 38.5 Å². The third-order valence-electron chi connectivity index (χ3n) is 9.11. The van der Waals surface area contributed by atoms with Gasteiger partial charge in [-0.25, -0.2) is 0 Å². The maximum atomic E-state index is 13.7. The zero-order chi connectivity index (χ0) is 32.5. The summed E-state index contributed by atoms with van der Waals surface area (Å²) in [7, 11) is -2.55. The first-order valence-corrected chi connectivity index (χ1v) is 19.0. The van der Waals surface area contributed by atoms with Crippen molar-refractivity contribution in [3.63, 3.8) is 0 Å². The molecule has 0 radical (unpaired) electrons. The van der Waals surface area contributed by atoms with Gasteiger partial charge in [0, 0.05) is 35.9 Å². The van der Waals surface area contributed by atoms with Crippen LogP contribution in [0.3, 0.4) is 0 Å².